The molecule has 0 aromatic heterocycles. The van der Waals surface area contributed by atoms with E-state index in [2.05, 4.69) is 10.6 Å². The molecule has 2 aromatic rings. The van der Waals surface area contributed by atoms with E-state index in [1.165, 1.54) is 12.1 Å². The fourth-order valence-electron chi connectivity index (χ4n) is 1.97. The summed E-state index contributed by atoms with van der Waals surface area (Å²) in [4.78, 5) is 0. The standard InChI is InChI=1S/C16H13Cl2F3N2S/c1-9-2-5-14(13(18)6-9)23-15(24)22-8-10-3-4-12(17)11(7-10)16(19,20)21/h2-7H,8H2,1H3,(H2,22,23,24). The number of hydrogen-bond acceptors (Lipinski definition) is 1. The number of alkyl halides is 3. The Bertz CT molecular complexity index is 763. The Kier molecular flexibility index (Phi) is 5.96. The second kappa shape index (κ2) is 7.59. The van der Waals surface area contributed by atoms with E-state index in [0.29, 0.717) is 16.3 Å². The molecule has 0 unspecified atom stereocenters. The lowest BCUT2D eigenvalue weighted by molar-refractivity contribution is -0.137. The van der Waals surface area contributed by atoms with Crippen LogP contribution in [0.1, 0.15) is 16.7 Å². The monoisotopic (exact) mass is 392 g/mol. The summed E-state index contributed by atoms with van der Waals surface area (Å²) in [5.41, 5.74) is 1.16. The van der Waals surface area contributed by atoms with E-state index in [0.717, 1.165) is 11.6 Å². The van der Waals surface area contributed by atoms with Gasteiger partial charge in [0.15, 0.2) is 5.11 Å². The van der Waals surface area contributed by atoms with Crippen molar-refractivity contribution in [2.45, 2.75) is 19.6 Å². The van der Waals surface area contributed by atoms with Gasteiger partial charge in [-0.1, -0.05) is 35.3 Å². The lowest BCUT2D eigenvalue weighted by Crippen LogP contribution is -2.28. The molecule has 0 amide bonds. The van der Waals surface area contributed by atoms with Gasteiger partial charge in [0.25, 0.3) is 0 Å². The van der Waals surface area contributed by atoms with Crippen LogP contribution in [0.3, 0.4) is 0 Å². The summed E-state index contributed by atoms with van der Waals surface area (Å²) in [6.07, 6.45) is -4.50. The smallest absolute Gasteiger partial charge is 0.358 e. The second-order valence-corrected chi connectivity index (χ2v) is 6.33. The van der Waals surface area contributed by atoms with Crippen molar-refractivity contribution >= 4 is 46.2 Å². The summed E-state index contributed by atoms with van der Waals surface area (Å²) < 4.78 is 38.5. The van der Waals surface area contributed by atoms with Crippen molar-refractivity contribution in [2.24, 2.45) is 0 Å². The zero-order valence-electron chi connectivity index (χ0n) is 12.5. The summed E-state index contributed by atoms with van der Waals surface area (Å²) in [6, 6.07) is 9.14. The van der Waals surface area contributed by atoms with Crippen LogP contribution in [-0.2, 0) is 12.7 Å². The number of thiocarbonyl (C=S) groups is 1. The molecule has 0 saturated heterocycles. The van der Waals surface area contributed by atoms with Crippen LogP contribution in [-0.4, -0.2) is 5.11 Å². The van der Waals surface area contributed by atoms with E-state index in [9.17, 15) is 13.2 Å². The second-order valence-electron chi connectivity index (χ2n) is 5.10. The van der Waals surface area contributed by atoms with Crippen LogP contribution in [0.5, 0.6) is 0 Å². The molecule has 128 valence electrons. The van der Waals surface area contributed by atoms with E-state index < -0.39 is 11.7 Å². The van der Waals surface area contributed by atoms with Gasteiger partial charge in [-0.15, -0.1) is 0 Å². The van der Waals surface area contributed by atoms with Gasteiger partial charge in [0, 0.05) is 6.54 Å². The maximum atomic E-state index is 12.8. The summed E-state index contributed by atoms with van der Waals surface area (Å²) in [5.74, 6) is 0. The fraction of sp³-hybridized carbons (Fsp3) is 0.188. The Morgan fingerprint density at radius 3 is 2.42 bits per heavy atom. The van der Waals surface area contributed by atoms with E-state index in [1.54, 1.807) is 12.1 Å². The first-order chi connectivity index (χ1) is 11.2. The molecule has 2 aromatic carbocycles. The molecule has 0 heterocycles. The van der Waals surface area contributed by atoms with Crippen LogP contribution in [0.4, 0.5) is 18.9 Å². The molecule has 2 N–H and O–H groups in total. The molecule has 0 bridgehead atoms. The van der Waals surface area contributed by atoms with Crippen molar-refractivity contribution in [2.75, 3.05) is 5.32 Å². The number of aryl methyl sites for hydroxylation is 1. The van der Waals surface area contributed by atoms with Gasteiger partial charge in [0.1, 0.15) is 0 Å². The molecule has 2 nitrogen and oxygen atoms in total. The van der Waals surface area contributed by atoms with E-state index >= 15 is 0 Å². The summed E-state index contributed by atoms with van der Waals surface area (Å²) in [7, 11) is 0. The van der Waals surface area contributed by atoms with Gasteiger partial charge < -0.3 is 10.6 Å². The van der Waals surface area contributed by atoms with Crippen molar-refractivity contribution in [1.29, 1.82) is 0 Å². The van der Waals surface area contributed by atoms with Crippen molar-refractivity contribution in [3.05, 3.63) is 63.1 Å². The van der Waals surface area contributed by atoms with Crippen LogP contribution in [0, 0.1) is 6.92 Å². The molecule has 8 heteroatoms. The van der Waals surface area contributed by atoms with Gasteiger partial charge >= 0.3 is 6.18 Å². The first-order valence-corrected chi connectivity index (χ1v) is 8.00. The Morgan fingerprint density at radius 2 is 1.79 bits per heavy atom. The summed E-state index contributed by atoms with van der Waals surface area (Å²) in [6.45, 7) is 2.03. The van der Waals surface area contributed by atoms with Crippen molar-refractivity contribution < 1.29 is 13.2 Å². The fourth-order valence-corrected chi connectivity index (χ4v) is 2.66. The number of nitrogens with one attached hydrogen (secondary N) is 2. The van der Waals surface area contributed by atoms with Crippen LogP contribution >= 0.6 is 35.4 Å². The number of halogens is 5. The topological polar surface area (TPSA) is 24.1 Å². The summed E-state index contributed by atoms with van der Waals surface area (Å²) in [5, 5.41) is 6.17. The lowest BCUT2D eigenvalue weighted by atomic mass is 10.1. The zero-order valence-corrected chi connectivity index (χ0v) is 14.8. The third kappa shape index (κ3) is 5.00. The molecule has 0 fully saturated rings. The van der Waals surface area contributed by atoms with Crippen molar-refractivity contribution in [3.8, 4) is 0 Å². The number of rotatable bonds is 3. The van der Waals surface area contributed by atoms with Gasteiger partial charge in [0.2, 0.25) is 0 Å². The Labute approximate surface area is 153 Å². The Morgan fingerprint density at radius 1 is 1.08 bits per heavy atom. The molecule has 24 heavy (non-hydrogen) atoms. The molecular formula is C16H13Cl2F3N2S. The molecule has 0 radical (unpaired) electrons. The van der Waals surface area contributed by atoms with Gasteiger partial charge in [-0.05, 0) is 54.5 Å². The predicted molar refractivity (Wildman–Crippen MR) is 95.7 cm³/mol. The van der Waals surface area contributed by atoms with Crippen molar-refractivity contribution in [3.63, 3.8) is 0 Å². The highest BCUT2D eigenvalue weighted by atomic mass is 35.5. The molecule has 0 atom stereocenters. The Balaban J connectivity index is 2.01. The van der Waals surface area contributed by atoms with Crippen LogP contribution < -0.4 is 10.6 Å². The minimum absolute atomic E-state index is 0.121. The number of hydrogen-bond donors (Lipinski definition) is 2. The molecule has 0 saturated carbocycles. The number of anilines is 1. The number of benzene rings is 2. The molecule has 0 aliphatic rings. The molecular weight excluding hydrogens is 380 g/mol. The molecule has 2 rings (SSSR count). The summed E-state index contributed by atoms with van der Waals surface area (Å²) >= 11 is 16.8. The van der Waals surface area contributed by atoms with E-state index in [1.807, 2.05) is 13.0 Å². The normalized spacial score (nSPS) is 11.2. The molecule has 0 aliphatic heterocycles. The largest absolute Gasteiger partial charge is 0.417 e. The lowest BCUT2D eigenvalue weighted by Gasteiger charge is -2.14. The Hall–Kier alpha value is -1.50. The maximum absolute atomic E-state index is 12.8. The first kappa shape index (κ1) is 18.8. The molecule has 0 aliphatic carbocycles. The van der Waals surface area contributed by atoms with Gasteiger partial charge in [0.05, 0.1) is 21.3 Å². The predicted octanol–water partition coefficient (Wildman–Crippen LogP) is 5.81. The maximum Gasteiger partial charge on any atom is 0.417 e. The molecule has 0 spiro atoms. The van der Waals surface area contributed by atoms with Gasteiger partial charge in [-0.3, -0.25) is 0 Å². The van der Waals surface area contributed by atoms with Gasteiger partial charge in [-0.2, -0.15) is 13.2 Å². The highest BCUT2D eigenvalue weighted by Gasteiger charge is 2.33. The quantitative estimate of drug-likeness (QED) is 0.644. The highest BCUT2D eigenvalue weighted by Crippen LogP contribution is 2.35. The minimum atomic E-state index is -4.50. The van der Waals surface area contributed by atoms with E-state index in [-0.39, 0.29) is 16.7 Å². The van der Waals surface area contributed by atoms with Crippen molar-refractivity contribution in [1.82, 2.24) is 5.32 Å². The highest BCUT2D eigenvalue weighted by molar-refractivity contribution is 7.80. The SMILES string of the molecule is Cc1ccc(NC(=S)NCc2ccc(Cl)c(C(F)(F)F)c2)c(Cl)c1. The zero-order chi connectivity index (χ0) is 17.9. The van der Waals surface area contributed by atoms with E-state index in [4.69, 9.17) is 35.4 Å². The average molecular weight is 393 g/mol. The third-order valence-electron chi connectivity index (χ3n) is 3.16. The van der Waals surface area contributed by atoms with Crippen LogP contribution in [0.25, 0.3) is 0 Å². The third-order valence-corrected chi connectivity index (χ3v) is 4.05. The van der Waals surface area contributed by atoms with Gasteiger partial charge in [-0.25, -0.2) is 0 Å². The minimum Gasteiger partial charge on any atom is -0.358 e. The first-order valence-electron chi connectivity index (χ1n) is 6.83. The van der Waals surface area contributed by atoms with Crippen LogP contribution in [0.15, 0.2) is 36.4 Å². The van der Waals surface area contributed by atoms with Crippen LogP contribution in [0.2, 0.25) is 10.0 Å². The average Bonchev–Trinajstić information content (AvgIpc) is 2.48.